The number of aromatic nitrogens is 2. The van der Waals surface area contributed by atoms with E-state index in [9.17, 15) is 26.8 Å². The van der Waals surface area contributed by atoms with E-state index >= 15 is 0 Å². The van der Waals surface area contributed by atoms with E-state index in [-0.39, 0.29) is 39.4 Å². The summed E-state index contributed by atoms with van der Waals surface area (Å²) in [4.78, 5) is 31.9. The Bertz CT molecular complexity index is 2370. The first-order chi connectivity index (χ1) is 22.3. The zero-order valence-corrected chi connectivity index (χ0v) is 26.9. The highest BCUT2D eigenvalue weighted by molar-refractivity contribution is 7.92. The van der Waals surface area contributed by atoms with Gasteiger partial charge in [-0.1, -0.05) is 18.2 Å². The molecule has 1 N–H and O–H groups in total. The molecule has 6 rings (SSSR count). The third-order valence-corrected chi connectivity index (χ3v) is 9.52. The number of carbonyl (C=O) groups is 1. The van der Waals surface area contributed by atoms with E-state index in [1.807, 2.05) is 6.92 Å². The average Bonchev–Trinajstić information content (AvgIpc) is 3.42. The largest absolute Gasteiger partial charge is 0.455 e. The van der Waals surface area contributed by atoms with E-state index < -0.39 is 27.8 Å². The Hall–Kier alpha value is -5.36. The Morgan fingerprint density at radius 3 is 2.17 bits per heavy atom. The van der Waals surface area contributed by atoms with Crippen molar-refractivity contribution in [2.24, 2.45) is 0 Å². The lowest BCUT2D eigenvalue weighted by atomic mass is 9.97. The molecule has 0 saturated heterocycles. The molecule has 1 unspecified atom stereocenters. The smallest absolute Gasteiger partial charge is 0.261 e. The molecule has 2 aromatic heterocycles. The van der Waals surface area contributed by atoms with Crippen molar-refractivity contribution in [3.63, 3.8) is 0 Å². The number of nitrogens with zero attached hydrogens (tertiary/aromatic N) is 3. The number of hydrogen-bond acceptors (Lipinski definition) is 6. The van der Waals surface area contributed by atoms with Crippen molar-refractivity contribution in [3.8, 4) is 22.5 Å². The average molecular weight is 657 g/mol. The van der Waals surface area contributed by atoms with Crippen LogP contribution in [0.15, 0.2) is 88.1 Å². The van der Waals surface area contributed by atoms with Crippen molar-refractivity contribution in [2.75, 3.05) is 24.7 Å². The van der Waals surface area contributed by atoms with E-state index in [2.05, 4.69) is 10.3 Å². The number of amides is 1. The van der Waals surface area contributed by atoms with Crippen molar-refractivity contribution < 1.29 is 26.4 Å². The second-order valence-electron chi connectivity index (χ2n) is 11.3. The van der Waals surface area contributed by atoms with Gasteiger partial charge in [0.05, 0.1) is 34.5 Å². The molecule has 0 spiro atoms. The van der Waals surface area contributed by atoms with Crippen molar-refractivity contribution in [2.45, 2.75) is 19.9 Å². The van der Waals surface area contributed by atoms with Crippen LogP contribution in [0.3, 0.4) is 0 Å². The molecule has 0 aliphatic heterocycles. The predicted molar refractivity (Wildman–Crippen MR) is 178 cm³/mol. The van der Waals surface area contributed by atoms with Crippen LogP contribution in [-0.2, 0) is 10.0 Å². The highest BCUT2D eigenvalue weighted by atomic mass is 32.2. The van der Waals surface area contributed by atoms with Gasteiger partial charge in [0, 0.05) is 36.7 Å². The van der Waals surface area contributed by atoms with Gasteiger partial charge in [0.1, 0.15) is 28.8 Å². The first kappa shape index (κ1) is 31.6. The summed E-state index contributed by atoms with van der Waals surface area (Å²) in [6.45, 7) is 3.55. The Balaban J connectivity index is 1.62. The second kappa shape index (κ2) is 11.8. The highest BCUT2D eigenvalue weighted by Crippen LogP contribution is 2.41. The fourth-order valence-corrected chi connectivity index (χ4v) is 6.29. The molecule has 0 bridgehead atoms. The fraction of sp³-hybridized carbons (Fsp3) is 0.171. The van der Waals surface area contributed by atoms with Crippen LogP contribution in [0.5, 0.6) is 0 Å². The van der Waals surface area contributed by atoms with Gasteiger partial charge in [0.25, 0.3) is 11.5 Å². The summed E-state index contributed by atoms with van der Waals surface area (Å²) in [6.07, 6.45) is 1.06. The SMILES string of the molecule is CNC(=O)c1c(-c2ccc(F)cc2)oc2cc(N(C)S(C)(=O)=O)c(-c3ccc4nc(C)n(C(C)c5ccc(F)cc5)c(=O)c4c3)cc12. The predicted octanol–water partition coefficient (Wildman–Crippen LogP) is 6.43. The van der Waals surface area contributed by atoms with Gasteiger partial charge < -0.3 is 9.73 Å². The molecule has 1 atom stereocenters. The molecule has 0 radical (unpaired) electrons. The van der Waals surface area contributed by atoms with Gasteiger partial charge in [0.2, 0.25) is 10.0 Å². The van der Waals surface area contributed by atoms with E-state index in [1.165, 1.54) is 61.1 Å². The van der Waals surface area contributed by atoms with Gasteiger partial charge in [-0.05, 0) is 79.6 Å². The van der Waals surface area contributed by atoms with Crippen LogP contribution < -0.4 is 15.2 Å². The molecule has 12 heteroatoms. The van der Waals surface area contributed by atoms with Crippen LogP contribution in [0.4, 0.5) is 14.5 Å². The summed E-state index contributed by atoms with van der Waals surface area (Å²) in [5, 5.41) is 3.28. The van der Waals surface area contributed by atoms with E-state index in [1.54, 1.807) is 43.3 Å². The molecule has 1 amide bonds. The number of anilines is 1. The quantitative estimate of drug-likeness (QED) is 0.212. The first-order valence-electron chi connectivity index (χ1n) is 14.6. The van der Waals surface area contributed by atoms with Crippen LogP contribution in [-0.4, -0.2) is 44.2 Å². The number of rotatable bonds is 7. The molecule has 9 nitrogen and oxygen atoms in total. The third kappa shape index (κ3) is 5.65. The minimum Gasteiger partial charge on any atom is -0.455 e. The standard InChI is InChI=1S/C35H30F2N4O5S/c1-19(21-6-11-24(36)12-7-21)41-20(2)39-29-15-10-23(16-27(29)35(41)43)26-17-28-31(18-30(26)40(4)47(5,44)45)46-33(32(28)34(42)38-3)22-8-13-25(37)14-9-22/h6-19H,1-5H3,(H,38,42). The number of carbonyl (C=O) groups excluding carboxylic acids is 1. The van der Waals surface area contributed by atoms with Crippen LogP contribution in [0, 0.1) is 18.6 Å². The Morgan fingerprint density at radius 1 is 0.936 bits per heavy atom. The molecule has 0 saturated carbocycles. The number of sulfonamides is 1. The normalized spacial score (nSPS) is 12.4. The lowest BCUT2D eigenvalue weighted by molar-refractivity contribution is 0.0964. The van der Waals surface area contributed by atoms with Gasteiger partial charge >= 0.3 is 0 Å². The van der Waals surface area contributed by atoms with E-state index in [0.29, 0.717) is 33.4 Å². The minimum atomic E-state index is -3.78. The zero-order chi connectivity index (χ0) is 33.8. The molecule has 0 aliphatic carbocycles. The van der Waals surface area contributed by atoms with Gasteiger partial charge in [-0.15, -0.1) is 0 Å². The summed E-state index contributed by atoms with van der Waals surface area (Å²) in [5.41, 5.74) is 2.80. The lowest BCUT2D eigenvalue weighted by Crippen LogP contribution is -2.27. The van der Waals surface area contributed by atoms with Crippen LogP contribution >= 0.6 is 0 Å². The monoisotopic (exact) mass is 656 g/mol. The highest BCUT2D eigenvalue weighted by Gasteiger charge is 2.26. The molecule has 2 heterocycles. The van der Waals surface area contributed by atoms with Crippen LogP contribution in [0.25, 0.3) is 44.3 Å². The first-order valence-corrected chi connectivity index (χ1v) is 16.4. The molecule has 47 heavy (non-hydrogen) atoms. The molecule has 0 aliphatic rings. The molecule has 6 aromatic rings. The maximum absolute atomic E-state index is 14.0. The molecular weight excluding hydrogens is 626 g/mol. The van der Waals surface area contributed by atoms with E-state index in [0.717, 1.165) is 16.1 Å². The lowest BCUT2D eigenvalue weighted by Gasteiger charge is -2.21. The zero-order valence-electron chi connectivity index (χ0n) is 26.1. The third-order valence-electron chi connectivity index (χ3n) is 8.33. The van der Waals surface area contributed by atoms with Gasteiger partial charge in [0.15, 0.2) is 0 Å². The number of benzene rings is 4. The number of fused-ring (bicyclic) bond motifs is 2. The van der Waals surface area contributed by atoms with Crippen molar-refractivity contribution in [1.82, 2.24) is 14.9 Å². The van der Waals surface area contributed by atoms with Crippen molar-refractivity contribution in [1.29, 1.82) is 0 Å². The maximum atomic E-state index is 14.0. The Labute approximate surface area is 269 Å². The number of nitrogens with one attached hydrogen (secondary N) is 1. The van der Waals surface area contributed by atoms with Gasteiger partial charge in [-0.3, -0.25) is 18.5 Å². The number of hydrogen-bond donors (Lipinski definition) is 1. The number of aryl methyl sites for hydroxylation is 1. The van der Waals surface area contributed by atoms with Crippen molar-refractivity contribution >= 4 is 43.5 Å². The van der Waals surface area contributed by atoms with Gasteiger partial charge in [-0.25, -0.2) is 22.2 Å². The Morgan fingerprint density at radius 2 is 1.55 bits per heavy atom. The molecule has 0 fully saturated rings. The summed E-state index contributed by atoms with van der Waals surface area (Å²) < 4.78 is 61.8. The van der Waals surface area contributed by atoms with Gasteiger partial charge in [-0.2, -0.15) is 0 Å². The summed E-state index contributed by atoms with van der Waals surface area (Å²) >= 11 is 0. The molecular formula is C35H30F2N4O5S. The maximum Gasteiger partial charge on any atom is 0.261 e. The number of halogens is 2. The second-order valence-corrected chi connectivity index (χ2v) is 13.3. The van der Waals surface area contributed by atoms with E-state index in [4.69, 9.17) is 4.42 Å². The molecule has 240 valence electrons. The molecule has 4 aromatic carbocycles. The fourth-order valence-electron chi connectivity index (χ4n) is 5.78. The summed E-state index contributed by atoms with van der Waals surface area (Å²) in [7, 11) is -0.912. The Kier molecular flexibility index (Phi) is 7.92. The van der Waals surface area contributed by atoms with Crippen LogP contribution in [0.2, 0.25) is 0 Å². The minimum absolute atomic E-state index is 0.178. The summed E-state index contributed by atoms with van der Waals surface area (Å²) in [6, 6.07) is 19.1. The van der Waals surface area contributed by atoms with Crippen LogP contribution in [0.1, 0.15) is 34.7 Å². The topological polar surface area (TPSA) is 115 Å². The summed E-state index contributed by atoms with van der Waals surface area (Å²) in [5.74, 6) is -0.666. The van der Waals surface area contributed by atoms with Crippen molar-refractivity contribution in [3.05, 3.63) is 118 Å². The number of furan rings is 1.